The van der Waals surface area contributed by atoms with Crippen molar-refractivity contribution in [3.05, 3.63) is 35.4 Å². The van der Waals surface area contributed by atoms with Crippen LogP contribution < -0.4 is 0 Å². The molecule has 1 aromatic carbocycles. The molecule has 1 rings (SSSR count). The molecule has 0 radical (unpaired) electrons. The van der Waals surface area contributed by atoms with Crippen molar-refractivity contribution >= 4 is 9.84 Å². The zero-order valence-electron chi connectivity index (χ0n) is 7.95. The van der Waals surface area contributed by atoms with Gasteiger partial charge in [0.2, 0.25) is 0 Å². The van der Waals surface area contributed by atoms with E-state index in [2.05, 4.69) is 0 Å². The number of rotatable bonds is 3. The molecule has 0 aliphatic carbocycles. The lowest BCUT2D eigenvalue weighted by molar-refractivity contribution is 0.596. The highest BCUT2D eigenvalue weighted by molar-refractivity contribution is 7.90. The van der Waals surface area contributed by atoms with Crippen molar-refractivity contribution in [2.75, 3.05) is 5.75 Å². The number of aryl methyl sites for hydroxylation is 1. The Morgan fingerprint density at radius 2 is 2.00 bits per heavy atom. The first-order chi connectivity index (χ1) is 6.03. The highest BCUT2D eigenvalue weighted by Gasteiger charge is 2.07. The van der Waals surface area contributed by atoms with E-state index >= 15 is 0 Å². The summed E-state index contributed by atoms with van der Waals surface area (Å²) < 4.78 is 22.6. The van der Waals surface area contributed by atoms with E-state index in [0.29, 0.717) is 0 Å². The van der Waals surface area contributed by atoms with Gasteiger partial charge in [-0.2, -0.15) is 0 Å². The molecule has 13 heavy (non-hydrogen) atoms. The van der Waals surface area contributed by atoms with Crippen molar-refractivity contribution in [3.8, 4) is 0 Å². The topological polar surface area (TPSA) is 34.1 Å². The molecule has 0 bridgehead atoms. The summed E-state index contributed by atoms with van der Waals surface area (Å²) in [5, 5.41) is 0. The fourth-order valence-corrected chi connectivity index (χ4v) is 2.05. The molecular weight excluding hydrogens is 184 g/mol. The molecule has 3 heteroatoms. The largest absolute Gasteiger partial charge is 0.229 e. The number of hydrogen-bond acceptors (Lipinski definition) is 2. The van der Waals surface area contributed by atoms with Gasteiger partial charge in [-0.25, -0.2) is 8.42 Å². The minimum Gasteiger partial charge on any atom is -0.229 e. The Morgan fingerprint density at radius 3 is 2.54 bits per heavy atom. The smallest absolute Gasteiger partial charge is 0.154 e. The summed E-state index contributed by atoms with van der Waals surface area (Å²) in [7, 11) is -2.89. The van der Waals surface area contributed by atoms with Gasteiger partial charge in [0.05, 0.1) is 5.75 Å². The van der Waals surface area contributed by atoms with E-state index in [0.717, 1.165) is 11.1 Å². The van der Waals surface area contributed by atoms with E-state index in [1.807, 2.05) is 31.2 Å². The average Bonchev–Trinajstić information content (AvgIpc) is 2.03. The minimum atomic E-state index is -2.89. The normalized spacial score (nSPS) is 11.5. The van der Waals surface area contributed by atoms with Gasteiger partial charge in [0.1, 0.15) is 0 Å². The second-order valence-electron chi connectivity index (χ2n) is 3.17. The van der Waals surface area contributed by atoms with Gasteiger partial charge in [-0.1, -0.05) is 36.8 Å². The van der Waals surface area contributed by atoms with Crippen LogP contribution in [-0.2, 0) is 15.6 Å². The van der Waals surface area contributed by atoms with Crippen LogP contribution >= 0.6 is 0 Å². The monoisotopic (exact) mass is 198 g/mol. The lowest BCUT2D eigenvalue weighted by Gasteiger charge is -2.02. The van der Waals surface area contributed by atoms with Gasteiger partial charge in [-0.15, -0.1) is 0 Å². The molecule has 0 saturated carbocycles. The molecule has 0 aromatic heterocycles. The fraction of sp³-hybridized carbons (Fsp3) is 0.400. The lowest BCUT2D eigenvalue weighted by Crippen LogP contribution is -2.06. The highest BCUT2D eigenvalue weighted by Crippen LogP contribution is 2.08. The number of benzene rings is 1. The molecule has 1 aromatic rings. The van der Waals surface area contributed by atoms with E-state index in [1.165, 1.54) is 0 Å². The Hall–Kier alpha value is -0.830. The lowest BCUT2D eigenvalue weighted by atomic mass is 10.2. The van der Waals surface area contributed by atoms with Gasteiger partial charge in [-0.05, 0) is 12.5 Å². The van der Waals surface area contributed by atoms with Crippen LogP contribution in [0.25, 0.3) is 0 Å². The summed E-state index contributed by atoms with van der Waals surface area (Å²) in [5.41, 5.74) is 1.98. The predicted octanol–water partition coefficient (Wildman–Crippen LogP) is 1.93. The maximum Gasteiger partial charge on any atom is 0.154 e. The summed E-state index contributed by atoms with van der Waals surface area (Å²) in [5.74, 6) is 0.367. The van der Waals surface area contributed by atoms with Crippen LogP contribution in [-0.4, -0.2) is 14.2 Å². The van der Waals surface area contributed by atoms with E-state index in [9.17, 15) is 8.42 Å². The average molecular weight is 198 g/mol. The third-order valence-corrected chi connectivity index (χ3v) is 3.56. The molecule has 0 amide bonds. The van der Waals surface area contributed by atoms with E-state index in [-0.39, 0.29) is 11.5 Å². The van der Waals surface area contributed by atoms with Crippen LogP contribution in [0.1, 0.15) is 18.1 Å². The maximum atomic E-state index is 11.3. The summed E-state index contributed by atoms with van der Waals surface area (Å²) in [6.07, 6.45) is 0. The van der Waals surface area contributed by atoms with Crippen LogP contribution in [0.15, 0.2) is 24.3 Å². The van der Waals surface area contributed by atoms with Crippen LogP contribution in [0.4, 0.5) is 0 Å². The number of sulfone groups is 1. The van der Waals surface area contributed by atoms with Crippen molar-refractivity contribution in [2.45, 2.75) is 19.6 Å². The Morgan fingerprint density at radius 1 is 1.31 bits per heavy atom. The molecule has 0 unspecified atom stereocenters. The van der Waals surface area contributed by atoms with Gasteiger partial charge >= 0.3 is 0 Å². The van der Waals surface area contributed by atoms with Gasteiger partial charge in [-0.3, -0.25) is 0 Å². The maximum absolute atomic E-state index is 11.3. The summed E-state index contributed by atoms with van der Waals surface area (Å²) in [4.78, 5) is 0. The van der Waals surface area contributed by atoms with E-state index in [4.69, 9.17) is 0 Å². The first-order valence-electron chi connectivity index (χ1n) is 4.29. The molecule has 0 aliphatic rings. The third-order valence-electron chi connectivity index (χ3n) is 1.91. The van der Waals surface area contributed by atoms with Crippen LogP contribution in [0, 0.1) is 6.92 Å². The standard InChI is InChI=1S/C10H14O2S/c1-3-13(11,12)8-10-6-4-5-9(2)7-10/h4-7H,3,8H2,1-2H3. The first-order valence-corrected chi connectivity index (χ1v) is 6.11. The molecule has 0 heterocycles. The molecule has 0 atom stereocenters. The Labute approximate surface area is 79.5 Å². The summed E-state index contributed by atoms with van der Waals surface area (Å²) in [6.45, 7) is 3.63. The SMILES string of the molecule is CCS(=O)(=O)Cc1cccc(C)c1. The van der Waals surface area contributed by atoms with Crippen LogP contribution in [0.2, 0.25) is 0 Å². The molecule has 0 aliphatic heterocycles. The van der Waals surface area contributed by atoms with Crippen molar-refractivity contribution in [1.29, 1.82) is 0 Å². The van der Waals surface area contributed by atoms with Gasteiger partial charge in [0, 0.05) is 5.75 Å². The number of hydrogen-bond donors (Lipinski definition) is 0. The van der Waals surface area contributed by atoms with Crippen LogP contribution in [0.5, 0.6) is 0 Å². The minimum absolute atomic E-state index is 0.158. The predicted molar refractivity (Wildman–Crippen MR) is 54.3 cm³/mol. The quantitative estimate of drug-likeness (QED) is 0.743. The van der Waals surface area contributed by atoms with Crippen LogP contribution in [0.3, 0.4) is 0 Å². The fourth-order valence-electron chi connectivity index (χ4n) is 1.16. The van der Waals surface area contributed by atoms with Crippen molar-refractivity contribution in [3.63, 3.8) is 0 Å². The summed E-state index contributed by atoms with van der Waals surface area (Å²) in [6, 6.07) is 7.60. The van der Waals surface area contributed by atoms with Gasteiger partial charge in [0.25, 0.3) is 0 Å². The Balaban J connectivity index is 2.87. The van der Waals surface area contributed by atoms with Crippen molar-refractivity contribution < 1.29 is 8.42 Å². The van der Waals surface area contributed by atoms with E-state index in [1.54, 1.807) is 6.92 Å². The van der Waals surface area contributed by atoms with Crippen molar-refractivity contribution in [2.24, 2.45) is 0 Å². The first kappa shape index (κ1) is 10.3. The van der Waals surface area contributed by atoms with Crippen molar-refractivity contribution in [1.82, 2.24) is 0 Å². The highest BCUT2D eigenvalue weighted by atomic mass is 32.2. The van der Waals surface area contributed by atoms with E-state index < -0.39 is 9.84 Å². The zero-order chi connectivity index (χ0) is 9.90. The second-order valence-corrected chi connectivity index (χ2v) is 5.52. The molecule has 2 nitrogen and oxygen atoms in total. The second kappa shape index (κ2) is 3.92. The molecular formula is C10H14O2S. The molecule has 0 spiro atoms. The Kier molecular flexibility index (Phi) is 3.09. The summed E-state index contributed by atoms with van der Waals surface area (Å²) >= 11 is 0. The zero-order valence-corrected chi connectivity index (χ0v) is 8.76. The molecule has 0 saturated heterocycles. The van der Waals surface area contributed by atoms with Gasteiger partial charge < -0.3 is 0 Å². The molecule has 0 fully saturated rings. The third kappa shape index (κ3) is 3.19. The molecule has 0 N–H and O–H groups in total. The molecule has 72 valence electrons. The van der Waals surface area contributed by atoms with Gasteiger partial charge in [0.15, 0.2) is 9.84 Å². The Bertz CT molecular complexity index is 380.